The quantitative estimate of drug-likeness (QED) is 0.916. The molecule has 0 saturated heterocycles. The van der Waals surface area contributed by atoms with E-state index in [1.165, 1.54) is 0 Å². The van der Waals surface area contributed by atoms with Crippen LogP contribution in [0.15, 0.2) is 10.6 Å². The molecule has 0 aliphatic carbocycles. The summed E-state index contributed by atoms with van der Waals surface area (Å²) in [5, 5.41) is 4.60. The molecule has 0 bridgehead atoms. The van der Waals surface area contributed by atoms with Gasteiger partial charge in [0.25, 0.3) is 11.6 Å². The van der Waals surface area contributed by atoms with E-state index in [0.717, 1.165) is 12.1 Å². The van der Waals surface area contributed by atoms with Crippen LogP contribution in [0.4, 0.5) is 0 Å². The summed E-state index contributed by atoms with van der Waals surface area (Å²) in [6.07, 6.45) is 0.774. The first-order valence-corrected chi connectivity index (χ1v) is 7.56. The molecular weight excluding hydrogens is 280 g/mol. The molecule has 0 radical (unpaired) electrons. The number of nitrogens with zero attached hydrogens (tertiary/aromatic N) is 3. The zero-order chi connectivity index (χ0) is 16.4. The Morgan fingerprint density at radius 3 is 2.73 bits per heavy atom. The molecule has 0 aromatic carbocycles. The summed E-state index contributed by atoms with van der Waals surface area (Å²) < 4.78 is 5.18. The highest BCUT2D eigenvalue weighted by atomic mass is 16.5. The maximum atomic E-state index is 12.7. The van der Waals surface area contributed by atoms with Crippen molar-refractivity contribution in [2.24, 2.45) is 11.7 Å². The van der Waals surface area contributed by atoms with Gasteiger partial charge >= 0.3 is 0 Å². The Labute approximate surface area is 130 Å². The van der Waals surface area contributed by atoms with Crippen molar-refractivity contribution >= 4 is 17.0 Å². The normalized spacial score (nSPS) is 12.9. The van der Waals surface area contributed by atoms with Crippen LogP contribution in [-0.2, 0) is 0 Å². The lowest BCUT2D eigenvalue weighted by atomic mass is 10.0. The summed E-state index contributed by atoms with van der Waals surface area (Å²) in [6.45, 7) is 8.44. The van der Waals surface area contributed by atoms with Crippen LogP contribution in [0.1, 0.15) is 42.0 Å². The molecular formula is C16H24N4O2. The molecule has 0 aliphatic heterocycles. The van der Waals surface area contributed by atoms with E-state index in [0.29, 0.717) is 34.8 Å². The Morgan fingerprint density at radius 2 is 2.09 bits per heavy atom. The van der Waals surface area contributed by atoms with Gasteiger partial charge in [-0.25, -0.2) is 4.98 Å². The summed E-state index contributed by atoms with van der Waals surface area (Å²) in [5.41, 5.74) is 8.46. The van der Waals surface area contributed by atoms with Crippen LogP contribution < -0.4 is 5.73 Å². The average molecular weight is 304 g/mol. The molecule has 22 heavy (non-hydrogen) atoms. The van der Waals surface area contributed by atoms with Crippen LogP contribution in [0.2, 0.25) is 0 Å². The van der Waals surface area contributed by atoms with Crippen LogP contribution in [0, 0.1) is 19.8 Å². The van der Waals surface area contributed by atoms with Gasteiger partial charge in [-0.15, -0.1) is 0 Å². The molecule has 2 aromatic rings. The van der Waals surface area contributed by atoms with Crippen molar-refractivity contribution in [3.8, 4) is 0 Å². The topological polar surface area (TPSA) is 85.2 Å². The van der Waals surface area contributed by atoms with E-state index in [-0.39, 0.29) is 11.9 Å². The molecule has 6 nitrogen and oxygen atoms in total. The van der Waals surface area contributed by atoms with Gasteiger partial charge in [-0.1, -0.05) is 19.0 Å². The molecule has 120 valence electrons. The predicted molar refractivity (Wildman–Crippen MR) is 85.7 cm³/mol. The highest BCUT2D eigenvalue weighted by Crippen LogP contribution is 2.23. The Kier molecular flexibility index (Phi) is 4.81. The van der Waals surface area contributed by atoms with Crippen LogP contribution >= 0.6 is 0 Å². The lowest BCUT2D eigenvalue weighted by Crippen LogP contribution is -2.34. The number of amides is 1. The molecule has 1 atom stereocenters. The predicted octanol–water partition coefficient (Wildman–Crippen LogP) is 2.29. The highest BCUT2D eigenvalue weighted by Gasteiger charge is 2.21. The maximum Gasteiger partial charge on any atom is 0.258 e. The van der Waals surface area contributed by atoms with Crippen LogP contribution in [0.25, 0.3) is 11.1 Å². The van der Waals surface area contributed by atoms with E-state index < -0.39 is 0 Å². The second-order valence-corrected chi connectivity index (χ2v) is 6.18. The Bertz CT molecular complexity index is 678. The fourth-order valence-electron chi connectivity index (χ4n) is 2.37. The molecule has 2 rings (SSSR count). The molecule has 0 spiro atoms. The van der Waals surface area contributed by atoms with Gasteiger partial charge in [0.1, 0.15) is 0 Å². The summed E-state index contributed by atoms with van der Waals surface area (Å²) in [6, 6.07) is 1.88. The number of aromatic nitrogens is 2. The monoisotopic (exact) mass is 304 g/mol. The number of hydrogen-bond acceptors (Lipinski definition) is 5. The lowest BCUT2D eigenvalue weighted by Gasteiger charge is -2.22. The molecule has 2 N–H and O–H groups in total. The fraction of sp³-hybridized carbons (Fsp3) is 0.562. The van der Waals surface area contributed by atoms with E-state index in [4.69, 9.17) is 10.3 Å². The lowest BCUT2D eigenvalue weighted by molar-refractivity contribution is 0.0791. The third-order valence-electron chi connectivity index (χ3n) is 3.98. The van der Waals surface area contributed by atoms with E-state index in [1.54, 1.807) is 18.0 Å². The Morgan fingerprint density at radius 1 is 1.41 bits per heavy atom. The summed E-state index contributed by atoms with van der Waals surface area (Å²) in [4.78, 5) is 18.7. The minimum atomic E-state index is -0.0576. The SMILES string of the molecule is Cc1cc(C(=O)N(C)CCC(N)C(C)C)c2c(C)noc2n1. The van der Waals surface area contributed by atoms with Crippen molar-refractivity contribution in [3.63, 3.8) is 0 Å². The van der Waals surface area contributed by atoms with Crippen molar-refractivity contribution < 1.29 is 9.32 Å². The number of fused-ring (bicyclic) bond motifs is 1. The zero-order valence-corrected chi connectivity index (χ0v) is 13.9. The van der Waals surface area contributed by atoms with Gasteiger partial charge in [-0.05, 0) is 32.3 Å². The molecule has 2 aromatic heterocycles. The number of pyridine rings is 1. The Balaban J connectivity index is 2.24. The Hall–Kier alpha value is -1.95. The second kappa shape index (κ2) is 6.44. The fourth-order valence-corrected chi connectivity index (χ4v) is 2.37. The highest BCUT2D eigenvalue weighted by molar-refractivity contribution is 6.05. The molecule has 1 unspecified atom stereocenters. The minimum absolute atomic E-state index is 0.0576. The van der Waals surface area contributed by atoms with Gasteiger partial charge in [0.2, 0.25) is 0 Å². The van der Waals surface area contributed by atoms with Gasteiger partial charge < -0.3 is 15.2 Å². The van der Waals surface area contributed by atoms with Crippen molar-refractivity contribution in [2.75, 3.05) is 13.6 Å². The van der Waals surface area contributed by atoms with Crippen molar-refractivity contribution in [3.05, 3.63) is 23.0 Å². The largest absolute Gasteiger partial charge is 0.342 e. The molecule has 6 heteroatoms. The molecule has 0 saturated carbocycles. The first-order valence-electron chi connectivity index (χ1n) is 7.56. The number of aryl methyl sites for hydroxylation is 2. The summed E-state index contributed by atoms with van der Waals surface area (Å²) in [5.74, 6) is 0.344. The smallest absolute Gasteiger partial charge is 0.258 e. The molecule has 0 fully saturated rings. The third-order valence-corrected chi connectivity index (χ3v) is 3.98. The number of carbonyl (C=O) groups excluding carboxylic acids is 1. The maximum absolute atomic E-state index is 12.7. The molecule has 2 heterocycles. The van der Waals surface area contributed by atoms with Gasteiger partial charge in [0.15, 0.2) is 0 Å². The van der Waals surface area contributed by atoms with Crippen LogP contribution in [-0.4, -0.2) is 40.6 Å². The van der Waals surface area contributed by atoms with Crippen molar-refractivity contribution in [1.82, 2.24) is 15.0 Å². The molecule has 1 amide bonds. The number of carbonyl (C=O) groups is 1. The number of nitrogens with two attached hydrogens (primary N) is 1. The number of rotatable bonds is 5. The van der Waals surface area contributed by atoms with Crippen LogP contribution in [0.3, 0.4) is 0 Å². The van der Waals surface area contributed by atoms with Gasteiger partial charge in [0.05, 0.1) is 16.6 Å². The van der Waals surface area contributed by atoms with E-state index in [2.05, 4.69) is 24.0 Å². The van der Waals surface area contributed by atoms with Crippen LogP contribution in [0.5, 0.6) is 0 Å². The minimum Gasteiger partial charge on any atom is -0.342 e. The van der Waals surface area contributed by atoms with E-state index >= 15 is 0 Å². The standard InChI is InChI=1S/C16H24N4O2/c1-9(2)13(17)6-7-20(5)16(21)12-8-10(3)18-15-14(12)11(4)19-22-15/h8-9,13H,6-7,17H2,1-5H3. The first-order chi connectivity index (χ1) is 10.3. The first kappa shape index (κ1) is 16.4. The van der Waals surface area contributed by atoms with Crippen molar-refractivity contribution in [2.45, 2.75) is 40.2 Å². The second-order valence-electron chi connectivity index (χ2n) is 6.18. The van der Waals surface area contributed by atoms with Gasteiger partial charge in [0, 0.05) is 25.3 Å². The van der Waals surface area contributed by atoms with E-state index in [9.17, 15) is 4.79 Å². The van der Waals surface area contributed by atoms with Crippen molar-refractivity contribution in [1.29, 1.82) is 0 Å². The molecule has 0 aliphatic rings. The zero-order valence-electron chi connectivity index (χ0n) is 13.9. The van der Waals surface area contributed by atoms with E-state index in [1.807, 2.05) is 13.8 Å². The average Bonchev–Trinajstić information content (AvgIpc) is 2.83. The number of hydrogen-bond donors (Lipinski definition) is 1. The van der Waals surface area contributed by atoms with Gasteiger partial charge in [-0.2, -0.15) is 0 Å². The third kappa shape index (κ3) is 3.27. The summed E-state index contributed by atoms with van der Waals surface area (Å²) in [7, 11) is 1.79. The summed E-state index contributed by atoms with van der Waals surface area (Å²) >= 11 is 0. The van der Waals surface area contributed by atoms with Gasteiger partial charge in [-0.3, -0.25) is 4.79 Å².